The number of rotatable bonds is 11. The molecule has 1 saturated carbocycles. The van der Waals surface area contributed by atoms with Crippen LogP contribution in [0.2, 0.25) is 0 Å². The molecule has 0 amide bonds. The number of halogens is 1. The molecule has 0 bridgehead atoms. The van der Waals surface area contributed by atoms with Crippen LogP contribution in [0.4, 0.5) is 4.39 Å². The molecule has 1 aromatic rings. The van der Waals surface area contributed by atoms with Gasteiger partial charge in [-0.3, -0.25) is 0 Å². The third-order valence-electron chi connectivity index (χ3n) is 7.60. The predicted octanol–water partition coefficient (Wildman–Crippen LogP) is 8.66. The molecule has 2 aliphatic carbocycles. The van der Waals surface area contributed by atoms with Crippen LogP contribution in [0.3, 0.4) is 0 Å². The molecule has 2 heteroatoms. The maximum Gasteiger partial charge on any atom is 0.165 e. The molecule has 0 spiro atoms. The van der Waals surface area contributed by atoms with Crippen molar-refractivity contribution in [2.75, 3.05) is 6.61 Å². The topological polar surface area (TPSA) is 9.23 Å². The van der Waals surface area contributed by atoms with Crippen molar-refractivity contribution in [3.05, 3.63) is 41.2 Å². The van der Waals surface area contributed by atoms with Gasteiger partial charge in [0.15, 0.2) is 11.6 Å². The minimum absolute atomic E-state index is 0.229. The molecule has 1 unspecified atom stereocenters. The number of hydrogen-bond donors (Lipinski definition) is 0. The zero-order valence-electron chi connectivity index (χ0n) is 19.4. The highest BCUT2D eigenvalue weighted by Crippen LogP contribution is 2.41. The summed E-state index contributed by atoms with van der Waals surface area (Å²) in [5.41, 5.74) is 2.67. The van der Waals surface area contributed by atoms with Gasteiger partial charge in [-0.15, -0.1) is 0 Å². The fraction of sp³-hybridized carbons (Fsp3) is 0.714. The predicted molar refractivity (Wildman–Crippen MR) is 126 cm³/mol. The summed E-state index contributed by atoms with van der Waals surface area (Å²) >= 11 is 0. The molecule has 0 heterocycles. The SMILES string of the molecule is CCCCCC[C@H]1CC[C@H](C2CC=C(CCc3ccc(OCC)c(F)c3)CC2)CC1. The van der Waals surface area contributed by atoms with E-state index in [1.54, 1.807) is 17.7 Å². The van der Waals surface area contributed by atoms with Crippen LogP contribution in [-0.2, 0) is 6.42 Å². The first-order valence-corrected chi connectivity index (χ1v) is 12.8. The van der Waals surface area contributed by atoms with Gasteiger partial charge in [-0.1, -0.05) is 69.6 Å². The van der Waals surface area contributed by atoms with E-state index in [0.717, 1.165) is 36.2 Å². The summed E-state index contributed by atoms with van der Waals surface area (Å²) in [6.07, 6.45) is 21.5. The first kappa shape index (κ1) is 23.4. The lowest BCUT2D eigenvalue weighted by Gasteiger charge is -2.35. The zero-order chi connectivity index (χ0) is 21.2. The quantitative estimate of drug-likeness (QED) is 0.260. The number of allylic oxidation sites excluding steroid dienone is 2. The normalized spacial score (nSPS) is 24.5. The Bertz CT molecular complexity index is 657. The molecule has 3 rings (SSSR count). The summed E-state index contributed by atoms with van der Waals surface area (Å²) in [7, 11) is 0. The van der Waals surface area contributed by atoms with Crippen molar-refractivity contribution in [1.82, 2.24) is 0 Å². The van der Waals surface area contributed by atoms with E-state index in [1.165, 1.54) is 77.0 Å². The first-order valence-electron chi connectivity index (χ1n) is 12.8. The summed E-state index contributed by atoms with van der Waals surface area (Å²) in [6.45, 7) is 4.69. The zero-order valence-corrected chi connectivity index (χ0v) is 19.4. The van der Waals surface area contributed by atoms with Gasteiger partial charge in [-0.2, -0.15) is 0 Å². The standard InChI is InChI=1S/C28H43FO/c1-3-5-6-7-8-22-11-16-25(17-12-22)26-18-13-23(14-19-26)9-10-24-15-20-28(30-4-2)27(29)21-24/h13,15,20-22,25-26H,3-12,14,16-19H2,1-2H3/t22-,25-,26?. The maximum atomic E-state index is 14.1. The van der Waals surface area contributed by atoms with Gasteiger partial charge in [0.25, 0.3) is 0 Å². The lowest BCUT2D eigenvalue weighted by molar-refractivity contribution is 0.185. The van der Waals surface area contributed by atoms with Crippen LogP contribution in [0.1, 0.15) is 103 Å². The van der Waals surface area contributed by atoms with Crippen LogP contribution in [0.5, 0.6) is 5.75 Å². The van der Waals surface area contributed by atoms with Crippen LogP contribution in [0.15, 0.2) is 29.8 Å². The third kappa shape index (κ3) is 7.13. The van der Waals surface area contributed by atoms with Crippen molar-refractivity contribution in [2.24, 2.45) is 17.8 Å². The van der Waals surface area contributed by atoms with Gasteiger partial charge in [-0.05, 0) is 87.3 Å². The minimum Gasteiger partial charge on any atom is -0.491 e. The van der Waals surface area contributed by atoms with E-state index in [0.29, 0.717) is 12.4 Å². The van der Waals surface area contributed by atoms with Gasteiger partial charge in [0, 0.05) is 0 Å². The van der Waals surface area contributed by atoms with Crippen molar-refractivity contribution in [1.29, 1.82) is 0 Å². The second kappa shape index (κ2) is 12.5. The van der Waals surface area contributed by atoms with E-state index in [2.05, 4.69) is 13.0 Å². The Morgan fingerprint density at radius 1 is 0.933 bits per heavy atom. The molecular weight excluding hydrogens is 371 g/mol. The van der Waals surface area contributed by atoms with Gasteiger partial charge in [0.2, 0.25) is 0 Å². The van der Waals surface area contributed by atoms with Crippen molar-refractivity contribution < 1.29 is 9.13 Å². The number of unbranched alkanes of at least 4 members (excludes halogenated alkanes) is 3. The van der Waals surface area contributed by atoms with Crippen LogP contribution < -0.4 is 4.74 Å². The van der Waals surface area contributed by atoms with E-state index in [1.807, 2.05) is 13.0 Å². The molecule has 0 saturated heterocycles. The smallest absolute Gasteiger partial charge is 0.165 e. The van der Waals surface area contributed by atoms with Gasteiger partial charge in [0.1, 0.15) is 0 Å². The highest BCUT2D eigenvalue weighted by molar-refractivity contribution is 5.30. The fourth-order valence-corrected chi connectivity index (χ4v) is 5.65. The van der Waals surface area contributed by atoms with E-state index in [9.17, 15) is 4.39 Å². The Morgan fingerprint density at radius 3 is 2.43 bits per heavy atom. The van der Waals surface area contributed by atoms with Crippen LogP contribution in [0, 0.1) is 23.6 Å². The third-order valence-corrected chi connectivity index (χ3v) is 7.60. The van der Waals surface area contributed by atoms with Crippen molar-refractivity contribution >= 4 is 0 Å². The highest BCUT2D eigenvalue weighted by Gasteiger charge is 2.28. The number of aryl methyl sites for hydroxylation is 1. The van der Waals surface area contributed by atoms with Crippen molar-refractivity contribution in [3.8, 4) is 5.75 Å². The second-order valence-electron chi connectivity index (χ2n) is 9.72. The van der Waals surface area contributed by atoms with E-state index in [4.69, 9.17) is 4.74 Å². The monoisotopic (exact) mass is 414 g/mol. The average molecular weight is 415 g/mol. The van der Waals surface area contributed by atoms with Gasteiger partial charge >= 0.3 is 0 Å². The molecule has 1 atom stereocenters. The Hall–Kier alpha value is -1.31. The lowest BCUT2D eigenvalue weighted by Crippen LogP contribution is -2.23. The van der Waals surface area contributed by atoms with Gasteiger partial charge < -0.3 is 4.74 Å². The molecular formula is C28H43FO. The summed E-state index contributed by atoms with van der Waals surface area (Å²) in [5.74, 6) is 3.04. The Balaban J connectivity index is 1.37. The average Bonchev–Trinajstić information content (AvgIpc) is 2.78. The molecule has 1 aromatic carbocycles. The van der Waals surface area contributed by atoms with Crippen LogP contribution in [0.25, 0.3) is 0 Å². The Labute approximate surface area is 184 Å². The van der Waals surface area contributed by atoms with Crippen LogP contribution in [-0.4, -0.2) is 6.61 Å². The summed E-state index contributed by atoms with van der Waals surface area (Å²) in [5, 5.41) is 0. The second-order valence-corrected chi connectivity index (χ2v) is 9.72. The number of ether oxygens (including phenoxy) is 1. The number of hydrogen-bond acceptors (Lipinski definition) is 1. The molecule has 30 heavy (non-hydrogen) atoms. The van der Waals surface area contributed by atoms with Gasteiger partial charge in [-0.25, -0.2) is 4.39 Å². The van der Waals surface area contributed by atoms with Crippen LogP contribution >= 0.6 is 0 Å². The van der Waals surface area contributed by atoms with Gasteiger partial charge in [0.05, 0.1) is 6.61 Å². The van der Waals surface area contributed by atoms with E-state index < -0.39 is 0 Å². The van der Waals surface area contributed by atoms with Crippen molar-refractivity contribution in [3.63, 3.8) is 0 Å². The molecule has 0 aromatic heterocycles. The molecule has 0 radical (unpaired) electrons. The molecule has 0 aliphatic heterocycles. The molecule has 168 valence electrons. The minimum atomic E-state index is -0.229. The summed E-state index contributed by atoms with van der Waals surface area (Å²) in [6, 6.07) is 5.44. The molecule has 2 aliphatic rings. The maximum absolute atomic E-state index is 14.1. The molecule has 0 N–H and O–H groups in total. The number of benzene rings is 1. The van der Waals surface area contributed by atoms with E-state index in [-0.39, 0.29) is 5.82 Å². The highest BCUT2D eigenvalue weighted by atomic mass is 19.1. The fourth-order valence-electron chi connectivity index (χ4n) is 5.65. The summed E-state index contributed by atoms with van der Waals surface area (Å²) in [4.78, 5) is 0. The largest absolute Gasteiger partial charge is 0.491 e. The molecule has 1 nitrogen and oxygen atoms in total. The summed E-state index contributed by atoms with van der Waals surface area (Å²) < 4.78 is 19.4. The lowest BCUT2D eigenvalue weighted by atomic mass is 9.70. The Kier molecular flexibility index (Phi) is 9.75. The molecule has 1 fully saturated rings. The first-order chi connectivity index (χ1) is 14.7. The Morgan fingerprint density at radius 2 is 1.77 bits per heavy atom. The van der Waals surface area contributed by atoms with Crippen molar-refractivity contribution in [2.45, 2.75) is 104 Å². The van der Waals surface area contributed by atoms with E-state index >= 15 is 0 Å².